The number of nitrogens with one attached hydrogen (secondary N) is 1. The molecule has 0 aromatic heterocycles. The Balaban J connectivity index is 3.05. The fraction of sp³-hybridized carbons (Fsp3) is 0.222. The van der Waals surface area contributed by atoms with Gasteiger partial charge in [-0.2, -0.15) is 0 Å². The van der Waals surface area contributed by atoms with Gasteiger partial charge in [0.25, 0.3) is 0 Å². The third kappa shape index (κ3) is 2.69. The van der Waals surface area contributed by atoms with Crippen LogP contribution in [0.4, 0.5) is 5.69 Å². The van der Waals surface area contributed by atoms with Crippen molar-refractivity contribution in [3.63, 3.8) is 0 Å². The standard InChI is InChI=1S/C9H13N3O2S/c1-12(15(2,13)14)8-5-3-7(4-6-8)9(10)11/h3-6H,1-2H3,(H3,10,11). The zero-order valence-electron chi connectivity index (χ0n) is 8.56. The first kappa shape index (κ1) is 11.5. The van der Waals surface area contributed by atoms with Crippen molar-refractivity contribution in [1.82, 2.24) is 0 Å². The Labute approximate surface area is 89.1 Å². The van der Waals surface area contributed by atoms with E-state index in [1.165, 1.54) is 7.05 Å². The quantitative estimate of drug-likeness (QED) is 0.577. The van der Waals surface area contributed by atoms with Crippen molar-refractivity contribution in [3.05, 3.63) is 29.8 Å². The van der Waals surface area contributed by atoms with Crippen LogP contribution in [0.1, 0.15) is 5.56 Å². The van der Waals surface area contributed by atoms with Gasteiger partial charge < -0.3 is 5.73 Å². The van der Waals surface area contributed by atoms with Gasteiger partial charge in [0.2, 0.25) is 10.0 Å². The number of nitrogens with two attached hydrogens (primary N) is 1. The van der Waals surface area contributed by atoms with Gasteiger partial charge in [0.1, 0.15) is 5.84 Å². The highest BCUT2D eigenvalue weighted by Gasteiger charge is 2.11. The highest BCUT2D eigenvalue weighted by atomic mass is 32.2. The molecule has 15 heavy (non-hydrogen) atoms. The molecule has 0 aliphatic heterocycles. The first-order valence-corrected chi connectivity index (χ1v) is 6.05. The maximum absolute atomic E-state index is 11.2. The Kier molecular flexibility index (Phi) is 2.99. The maximum Gasteiger partial charge on any atom is 0.231 e. The second-order valence-electron chi connectivity index (χ2n) is 3.19. The van der Waals surface area contributed by atoms with E-state index in [-0.39, 0.29) is 5.84 Å². The van der Waals surface area contributed by atoms with E-state index in [4.69, 9.17) is 11.1 Å². The Morgan fingerprint density at radius 3 is 2.13 bits per heavy atom. The van der Waals surface area contributed by atoms with E-state index >= 15 is 0 Å². The molecule has 1 aromatic rings. The number of hydrogen-bond acceptors (Lipinski definition) is 3. The van der Waals surface area contributed by atoms with Crippen LogP contribution >= 0.6 is 0 Å². The average Bonchev–Trinajstić information content (AvgIpc) is 2.15. The first-order valence-electron chi connectivity index (χ1n) is 4.21. The van der Waals surface area contributed by atoms with Gasteiger partial charge in [-0.05, 0) is 24.3 Å². The molecule has 0 aliphatic carbocycles. The number of anilines is 1. The topological polar surface area (TPSA) is 87.2 Å². The van der Waals surface area contributed by atoms with Crippen LogP contribution in [0.2, 0.25) is 0 Å². The molecule has 0 atom stereocenters. The number of sulfonamides is 1. The molecular formula is C9H13N3O2S. The zero-order valence-corrected chi connectivity index (χ0v) is 9.38. The number of hydrogen-bond donors (Lipinski definition) is 2. The molecule has 0 spiro atoms. The first-order chi connectivity index (χ1) is 6.82. The molecule has 0 amide bonds. The average molecular weight is 227 g/mol. The molecule has 0 aliphatic rings. The molecule has 0 saturated carbocycles. The van der Waals surface area contributed by atoms with Crippen LogP contribution in [-0.2, 0) is 10.0 Å². The van der Waals surface area contributed by atoms with Crippen molar-refractivity contribution in [2.45, 2.75) is 0 Å². The molecule has 0 bridgehead atoms. The lowest BCUT2D eigenvalue weighted by atomic mass is 10.2. The smallest absolute Gasteiger partial charge is 0.231 e. The van der Waals surface area contributed by atoms with Crippen LogP contribution in [0.15, 0.2) is 24.3 Å². The molecular weight excluding hydrogens is 214 g/mol. The van der Waals surface area contributed by atoms with Gasteiger partial charge in [0.15, 0.2) is 0 Å². The SMILES string of the molecule is CN(c1ccc(C(=N)N)cc1)S(C)(=O)=O. The second kappa shape index (κ2) is 3.90. The fourth-order valence-corrected chi connectivity index (χ4v) is 1.55. The highest BCUT2D eigenvalue weighted by Crippen LogP contribution is 2.15. The van der Waals surface area contributed by atoms with Crippen LogP contribution < -0.4 is 10.0 Å². The molecule has 0 fully saturated rings. The summed E-state index contributed by atoms with van der Waals surface area (Å²) in [5.74, 6) is -0.0384. The largest absolute Gasteiger partial charge is 0.384 e. The van der Waals surface area contributed by atoms with Gasteiger partial charge in [-0.3, -0.25) is 9.71 Å². The zero-order chi connectivity index (χ0) is 11.6. The molecule has 3 N–H and O–H groups in total. The van der Waals surface area contributed by atoms with Crippen molar-refractivity contribution in [2.24, 2.45) is 5.73 Å². The molecule has 82 valence electrons. The summed E-state index contributed by atoms with van der Waals surface area (Å²) in [6, 6.07) is 6.44. The fourth-order valence-electron chi connectivity index (χ4n) is 1.04. The van der Waals surface area contributed by atoms with Crippen LogP contribution in [0, 0.1) is 5.41 Å². The maximum atomic E-state index is 11.2. The Hall–Kier alpha value is -1.56. The molecule has 6 heteroatoms. The van der Waals surface area contributed by atoms with Crippen molar-refractivity contribution >= 4 is 21.5 Å². The van der Waals surface area contributed by atoms with Crippen molar-refractivity contribution < 1.29 is 8.42 Å². The van der Waals surface area contributed by atoms with Gasteiger partial charge in [-0.1, -0.05) is 0 Å². The minimum atomic E-state index is -3.24. The van der Waals surface area contributed by atoms with Gasteiger partial charge in [0.05, 0.1) is 11.9 Å². The lowest BCUT2D eigenvalue weighted by Crippen LogP contribution is -2.24. The van der Waals surface area contributed by atoms with E-state index in [9.17, 15) is 8.42 Å². The van der Waals surface area contributed by atoms with Crippen LogP contribution in [-0.4, -0.2) is 27.6 Å². The van der Waals surface area contributed by atoms with Gasteiger partial charge >= 0.3 is 0 Å². The van der Waals surface area contributed by atoms with Gasteiger partial charge in [0, 0.05) is 12.6 Å². The summed E-state index contributed by atoms with van der Waals surface area (Å²) in [6.07, 6.45) is 1.13. The molecule has 0 saturated heterocycles. The van der Waals surface area contributed by atoms with Crippen molar-refractivity contribution in [1.29, 1.82) is 5.41 Å². The van der Waals surface area contributed by atoms with E-state index < -0.39 is 10.0 Å². The molecule has 1 aromatic carbocycles. The van der Waals surface area contributed by atoms with E-state index in [1.807, 2.05) is 0 Å². The Morgan fingerprint density at radius 1 is 1.33 bits per heavy atom. The lowest BCUT2D eigenvalue weighted by Gasteiger charge is -2.16. The Bertz CT molecular complexity index is 465. The van der Waals surface area contributed by atoms with Gasteiger partial charge in [-0.15, -0.1) is 0 Å². The molecule has 1 rings (SSSR count). The molecule has 0 heterocycles. The summed E-state index contributed by atoms with van der Waals surface area (Å²) in [5.41, 5.74) is 6.39. The highest BCUT2D eigenvalue weighted by molar-refractivity contribution is 7.92. The monoisotopic (exact) mass is 227 g/mol. The number of nitrogens with zero attached hydrogens (tertiary/aromatic N) is 1. The summed E-state index contributed by atoms with van der Waals surface area (Å²) in [6.45, 7) is 0. The Morgan fingerprint density at radius 2 is 1.80 bits per heavy atom. The van der Waals surface area contributed by atoms with E-state index in [0.717, 1.165) is 10.6 Å². The number of amidine groups is 1. The summed E-state index contributed by atoms with van der Waals surface area (Å²) >= 11 is 0. The van der Waals surface area contributed by atoms with Crippen molar-refractivity contribution in [3.8, 4) is 0 Å². The normalized spacial score (nSPS) is 11.1. The minimum absolute atomic E-state index is 0.0384. The second-order valence-corrected chi connectivity index (χ2v) is 5.20. The van der Waals surface area contributed by atoms with E-state index in [0.29, 0.717) is 11.3 Å². The third-order valence-corrected chi connectivity index (χ3v) is 3.25. The summed E-state index contributed by atoms with van der Waals surface area (Å²) in [5, 5.41) is 7.18. The minimum Gasteiger partial charge on any atom is -0.384 e. The van der Waals surface area contributed by atoms with Gasteiger partial charge in [-0.25, -0.2) is 8.42 Å². The predicted molar refractivity (Wildman–Crippen MR) is 60.7 cm³/mol. The number of rotatable bonds is 3. The molecule has 5 nitrogen and oxygen atoms in total. The molecule has 0 unspecified atom stereocenters. The predicted octanol–water partition coefficient (Wildman–Crippen LogP) is 0.366. The third-order valence-electron chi connectivity index (χ3n) is 2.04. The lowest BCUT2D eigenvalue weighted by molar-refractivity contribution is 0.600. The molecule has 0 radical (unpaired) electrons. The summed E-state index contributed by atoms with van der Waals surface area (Å²) < 4.78 is 23.6. The van der Waals surface area contributed by atoms with Crippen LogP contribution in [0.5, 0.6) is 0 Å². The number of benzene rings is 1. The van der Waals surface area contributed by atoms with Crippen LogP contribution in [0.3, 0.4) is 0 Å². The van der Waals surface area contributed by atoms with Crippen molar-refractivity contribution in [2.75, 3.05) is 17.6 Å². The van der Waals surface area contributed by atoms with Crippen LogP contribution in [0.25, 0.3) is 0 Å². The number of nitrogen functional groups attached to an aromatic ring is 1. The summed E-state index contributed by atoms with van der Waals surface area (Å²) in [4.78, 5) is 0. The summed E-state index contributed by atoms with van der Waals surface area (Å²) in [7, 11) is -1.77. The van der Waals surface area contributed by atoms with E-state index in [2.05, 4.69) is 0 Å². The van der Waals surface area contributed by atoms with E-state index in [1.54, 1.807) is 24.3 Å².